The lowest BCUT2D eigenvalue weighted by Gasteiger charge is -2.06. The third-order valence-corrected chi connectivity index (χ3v) is 3.34. The monoisotopic (exact) mass is 322 g/mol. The molecule has 0 spiro atoms. The number of anilines is 1. The fourth-order valence-corrected chi connectivity index (χ4v) is 2.28. The molecular weight excluding hydrogens is 308 g/mol. The summed E-state index contributed by atoms with van der Waals surface area (Å²) in [5.41, 5.74) is 6.33. The first-order valence-electron chi connectivity index (χ1n) is 7.16. The van der Waals surface area contributed by atoms with Crippen molar-refractivity contribution < 1.29 is 9.21 Å². The number of rotatable bonds is 4. The minimum absolute atomic E-state index is 0.00903. The lowest BCUT2D eigenvalue weighted by atomic mass is 10.1. The van der Waals surface area contributed by atoms with Crippen LogP contribution < -0.4 is 16.7 Å². The second-order valence-electron chi connectivity index (χ2n) is 5.18. The first-order chi connectivity index (χ1) is 11.5. The average Bonchev–Trinajstić information content (AvgIpc) is 2.54. The molecule has 2 aromatic carbocycles. The van der Waals surface area contributed by atoms with Crippen molar-refractivity contribution in [1.29, 1.82) is 5.41 Å². The molecule has 0 atom stereocenters. The number of benzene rings is 2. The number of nitrogens with one attached hydrogen (secondary N) is 2. The zero-order chi connectivity index (χ0) is 17.1. The number of para-hydroxylation sites is 1. The predicted molar refractivity (Wildman–Crippen MR) is 90.3 cm³/mol. The van der Waals surface area contributed by atoms with Crippen molar-refractivity contribution in [3.8, 4) is 0 Å². The van der Waals surface area contributed by atoms with Crippen LogP contribution in [-0.4, -0.2) is 16.7 Å². The van der Waals surface area contributed by atoms with Gasteiger partial charge in [-0.2, -0.15) is 4.98 Å². The lowest BCUT2D eigenvalue weighted by molar-refractivity contribution is 0.102. The van der Waals surface area contributed by atoms with E-state index in [0.29, 0.717) is 16.5 Å². The summed E-state index contributed by atoms with van der Waals surface area (Å²) in [6.07, 6.45) is 0.254. The van der Waals surface area contributed by atoms with E-state index >= 15 is 0 Å². The van der Waals surface area contributed by atoms with E-state index in [1.54, 1.807) is 48.5 Å². The molecule has 0 radical (unpaired) electrons. The van der Waals surface area contributed by atoms with E-state index in [9.17, 15) is 9.59 Å². The number of carbonyl (C=O) groups excluding carboxylic acids is 1. The van der Waals surface area contributed by atoms with E-state index in [1.807, 2.05) is 0 Å². The summed E-state index contributed by atoms with van der Waals surface area (Å²) >= 11 is 0. The van der Waals surface area contributed by atoms with Crippen LogP contribution in [0.4, 0.5) is 6.01 Å². The Kier molecular flexibility index (Phi) is 4.07. The highest BCUT2D eigenvalue weighted by molar-refractivity contribution is 6.03. The van der Waals surface area contributed by atoms with Gasteiger partial charge in [-0.25, -0.2) is 4.79 Å². The van der Waals surface area contributed by atoms with Crippen molar-refractivity contribution in [1.82, 2.24) is 4.98 Å². The Balaban J connectivity index is 1.87. The lowest BCUT2D eigenvalue weighted by Crippen LogP contribution is -2.16. The van der Waals surface area contributed by atoms with Gasteiger partial charge in [0.1, 0.15) is 0 Å². The molecule has 7 heteroatoms. The molecule has 0 bridgehead atoms. The van der Waals surface area contributed by atoms with E-state index in [-0.39, 0.29) is 18.3 Å². The average molecular weight is 322 g/mol. The Morgan fingerprint density at radius 3 is 2.79 bits per heavy atom. The quantitative estimate of drug-likeness (QED) is 0.500. The molecule has 120 valence electrons. The number of nitrogens with zero attached hydrogens (tertiary/aromatic N) is 1. The van der Waals surface area contributed by atoms with Gasteiger partial charge in [0.25, 0.3) is 5.91 Å². The Morgan fingerprint density at radius 2 is 2.00 bits per heavy atom. The number of fused-ring (bicyclic) bond motifs is 1. The van der Waals surface area contributed by atoms with Gasteiger partial charge in [-0.15, -0.1) is 0 Å². The van der Waals surface area contributed by atoms with Crippen LogP contribution in [0.3, 0.4) is 0 Å². The second-order valence-corrected chi connectivity index (χ2v) is 5.18. The Hall–Kier alpha value is -3.48. The van der Waals surface area contributed by atoms with Crippen molar-refractivity contribution in [2.45, 2.75) is 6.42 Å². The van der Waals surface area contributed by atoms with E-state index in [0.717, 1.165) is 5.56 Å². The van der Waals surface area contributed by atoms with Gasteiger partial charge >= 0.3 is 11.6 Å². The van der Waals surface area contributed by atoms with Crippen molar-refractivity contribution >= 4 is 28.7 Å². The summed E-state index contributed by atoms with van der Waals surface area (Å²) in [5, 5.41) is 10.1. The summed E-state index contributed by atoms with van der Waals surface area (Å²) < 4.78 is 5.02. The maximum Gasteiger partial charge on any atom is 0.348 e. The molecule has 0 aliphatic carbocycles. The van der Waals surface area contributed by atoms with Crippen LogP contribution >= 0.6 is 0 Å². The summed E-state index contributed by atoms with van der Waals surface area (Å²) in [6, 6.07) is 13.2. The van der Waals surface area contributed by atoms with E-state index in [4.69, 9.17) is 15.6 Å². The Labute approximate surface area is 136 Å². The van der Waals surface area contributed by atoms with Gasteiger partial charge in [-0.05, 0) is 29.8 Å². The number of nitrogens with two attached hydrogens (primary N) is 1. The highest BCUT2D eigenvalue weighted by Gasteiger charge is 2.11. The normalized spacial score (nSPS) is 10.5. The molecule has 0 aliphatic heterocycles. The molecule has 7 nitrogen and oxygen atoms in total. The van der Waals surface area contributed by atoms with Gasteiger partial charge in [0.2, 0.25) is 0 Å². The molecule has 1 amide bonds. The largest absolute Gasteiger partial charge is 0.388 e. The first-order valence-corrected chi connectivity index (χ1v) is 7.16. The zero-order valence-electron chi connectivity index (χ0n) is 12.6. The summed E-state index contributed by atoms with van der Waals surface area (Å²) in [4.78, 5) is 28.3. The number of hydrogen-bond acceptors (Lipinski definition) is 5. The van der Waals surface area contributed by atoms with Crippen LogP contribution in [0.2, 0.25) is 0 Å². The fraction of sp³-hybridized carbons (Fsp3) is 0.0588. The first kappa shape index (κ1) is 15.4. The number of carbonyl (C=O) groups is 1. The Bertz CT molecular complexity index is 994. The Morgan fingerprint density at radius 1 is 1.21 bits per heavy atom. The second kappa shape index (κ2) is 6.33. The van der Waals surface area contributed by atoms with Crippen molar-refractivity contribution in [2.75, 3.05) is 5.32 Å². The van der Waals surface area contributed by atoms with Gasteiger partial charge in [0, 0.05) is 12.0 Å². The molecule has 0 unspecified atom stereocenters. The van der Waals surface area contributed by atoms with Gasteiger partial charge in [-0.3, -0.25) is 15.5 Å². The standard InChI is InChI=1S/C17H14N4O3/c18-14(19)9-10-4-3-5-11(8-10)15(22)21-17-20-13-7-2-1-6-12(13)16(23)24-17/h1-8H,9H2,(H3,18,19)(H,20,21,22). The van der Waals surface area contributed by atoms with Gasteiger partial charge < -0.3 is 10.2 Å². The van der Waals surface area contributed by atoms with Crippen molar-refractivity contribution in [2.24, 2.45) is 5.73 Å². The maximum atomic E-state index is 12.3. The minimum Gasteiger partial charge on any atom is -0.388 e. The molecule has 4 N–H and O–H groups in total. The summed E-state index contributed by atoms with van der Waals surface area (Å²) in [6.45, 7) is 0. The summed E-state index contributed by atoms with van der Waals surface area (Å²) in [5.74, 6) is -0.457. The molecule has 1 aromatic heterocycles. The van der Waals surface area contributed by atoms with Gasteiger partial charge in [0.15, 0.2) is 0 Å². The van der Waals surface area contributed by atoms with Crippen LogP contribution in [0.5, 0.6) is 0 Å². The highest BCUT2D eigenvalue weighted by Crippen LogP contribution is 2.12. The molecular formula is C17H14N4O3. The van der Waals surface area contributed by atoms with Crippen molar-refractivity contribution in [3.63, 3.8) is 0 Å². The number of aromatic nitrogens is 1. The van der Waals surface area contributed by atoms with E-state index in [2.05, 4.69) is 10.3 Å². The molecule has 3 rings (SSSR count). The molecule has 0 saturated heterocycles. The maximum absolute atomic E-state index is 12.3. The third kappa shape index (κ3) is 3.30. The topological polar surface area (TPSA) is 122 Å². The molecule has 24 heavy (non-hydrogen) atoms. The molecule has 0 aliphatic rings. The van der Waals surface area contributed by atoms with E-state index < -0.39 is 11.5 Å². The molecule has 3 aromatic rings. The van der Waals surface area contributed by atoms with Crippen molar-refractivity contribution in [3.05, 3.63) is 70.1 Å². The number of amidine groups is 1. The van der Waals surface area contributed by atoms with Crippen LogP contribution in [0.15, 0.2) is 57.7 Å². The SMILES string of the molecule is N=C(N)Cc1cccc(C(=O)Nc2nc3ccccc3c(=O)o2)c1. The fourth-order valence-electron chi connectivity index (χ4n) is 2.28. The molecule has 0 saturated carbocycles. The zero-order valence-corrected chi connectivity index (χ0v) is 12.6. The highest BCUT2D eigenvalue weighted by atomic mass is 16.4. The van der Waals surface area contributed by atoms with Gasteiger partial charge in [-0.1, -0.05) is 24.3 Å². The smallest absolute Gasteiger partial charge is 0.348 e. The minimum atomic E-state index is -0.568. The van der Waals surface area contributed by atoms with Crippen LogP contribution in [0.1, 0.15) is 15.9 Å². The van der Waals surface area contributed by atoms with Crippen LogP contribution in [-0.2, 0) is 6.42 Å². The van der Waals surface area contributed by atoms with Crippen LogP contribution in [0, 0.1) is 5.41 Å². The molecule has 1 heterocycles. The predicted octanol–water partition coefficient (Wildman–Crippen LogP) is 1.92. The van der Waals surface area contributed by atoms with E-state index in [1.165, 1.54) is 0 Å². The number of amides is 1. The number of hydrogen-bond donors (Lipinski definition) is 3. The third-order valence-electron chi connectivity index (χ3n) is 3.34. The van der Waals surface area contributed by atoms with Crippen LogP contribution in [0.25, 0.3) is 10.9 Å². The molecule has 0 fully saturated rings. The van der Waals surface area contributed by atoms with Gasteiger partial charge in [0.05, 0.1) is 16.7 Å². The summed E-state index contributed by atoms with van der Waals surface area (Å²) in [7, 11) is 0.